The third-order valence-corrected chi connectivity index (χ3v) is 19.6. The number of hydrogen-bond donors (Lipinski definition) is 1. The number of methoxy groups -OCH3 is 1. The Morgan fingerprint density at radius 1 is 0.957 bits per heavy atom. The molecule has 3 heterocycles. The maximum atomic E-state index is 15.1. The number of nitrogens with zero attached hydrogens (tertiary/aromatic N) is 2. The molecule has 0 radical (unpaired) electrons. The molecule has 0 bridgehead atoms. The third-order valence-electron chi connectivity index (χ3n) is 14.3. The topological polar surface area (TPSA) is 88.5 Å². The van der Waals surface area contributed by atoms with Gasteiger partial charge in [-0.1, -0.05) is 52.1 Å². The van der Waals surface area contributed by atoms with Gasteiger partial charge in [0, 0.05) is 37.9 Å². The van der Waals surface area contributed by atoms with E-state index in [1.807, 2.05) is 7.11 Å². The number of fused-ring (bicyclic) bond motifs is 2. The number of aliphatic hydroxyl groups excluding tert-OH is 1. The Balaban J connectivity index is 1.13. The molecule has 0 aromatic carbocycles. The van der Waals surface area contributed by atoms with Crippen molar-refractivity contribution in [1.29, 1.82) is 0 Å². The van der Waals surface area contributed by atoms with Crippen LogP contribution < -0.4 is 0 Å². The van der Waals surface area contributed by atoms with E-state index in [0.29, 0.717) is 29.5 Å². The van der Waals surface area contributed by atoms with Crippen LogP contribution >= 0.6 is 0 Å². The number of rotatable bonds is 8. The van der Waals surface area contributed by atoms with Gasteiger partial charge in [-0.05, 0) is 99.6 Å². The summed E-state index contributed by atoms with van der Waals surface area (Å²) >= 11 is 0. The molecular weight excluding hydrogens is 609 g/mol. The summed E-state index contributed by atoms with van der Waals surface area (Å²) in [6.07, 6.45) is 18.6. The lowest BCUT2D eigenvalue weighted by molar-refractivity contribution is -0.167. The lowest BCUT2D eigenvalue weighted by Crippen LogP contribution is -2.60. The van der Waals surface area contributed by atoms with E-state index < -0.39 is 13.7 Å². The van der Waals surface area contributed by atoms with Gasteiger partial charge in [-0.25, -0.2) is 0 Å². The first kappa shape index (κ1) is 34.2. The maximum Gasteiger partial charge on any atom is 0.263 e. The molecule has 4 aliphatic carbocycles. The lowest BCUT2D eigenvalue weighted by atomic mass is 9.78. The highest BCUT2D eigenvalue weighted by Gasteiger charge is 2.67. The number of amides is 2. The zero-order valence-corrected chi connectivity index (χ0v) is 30.7. The summed E-state index contributed by atoms with van der Waals surface area (Å²) in [6, 6.07) is 0.477. The van der Waals surface area contributed by atoms with Crippen LogP contribution in [0.1, 0.15) is 116 Å². The number of aliphatic hydroxyl groups is 1. The normalized spacial score (nSPS) is 41.5. The van der Waals surface area contributed by atoms with Crippen LogP contribution in [-0.4, -0.2) is 97.7 Å². The van der Waals surface area contributed by atoms with Gasteiger partial charge in [0.05, 0.1) is 32.4 Å². The first-order valence-corrected chi connectivity index (χ1v) is 22.6. The fourth-order valence-corrected chi connectivity index (χ4v) is 17.1. The minimum absolute atomic E-state index is 0.0776. The predicted molar refractivity (Wildman–Crippen MR) is 185 cm³/mol. The van der Waals surface area contributed by atoms with E-state index in [2.05, 4.69) is 29.8 Å². The number of carbonyl (C=O) groups is 2. The summed E-state index contributed by atoms with van der Waals surface area (Å²) in [5, 5.41) is 10.3. The van der Waals surface area contributed by atoms with E-state index in [1.165, 1.54) is 37.0 Å². The Kier molecular flexibility index (Phi) is 10.0. The summed E-state index contributed by atoms with van der Waals surface area (Å²) in [4.78, 5) is 32.8. The second-order valence-electron chi connectivity index (χ2n) is 17.0. The molecule has 3 aliphatic heterocycles. The summed E-state index contributed by atoms with van der Waals surface area (Å²) in [6.45, 7) is 8.51. The van der Waals surface area contributed by atoms with Crippen LogP contribution in [0.15, 0.2) is 11.3 Å². The van der Waals surface area contributed by atoms with Crippen molar-refractivity contribution >= 4 is 19.9 Å². The summed E-state index contributed by atoms with van der Waals surface area (Å²) in [7, 11) is -0.0580. The van der Waals surface area contributed by atoms with E-state index >= 15 is 4.79 Å². The molecule has 1 spiro atoms. The van der Waals surface area contributed by atoms with E-state index in [-0.39, 0.29) is 55.2 Å². The van der Waals surface area contributed by atoms with Gasteiger partial charge in [0.1, 0.15) is 6.61 Å². The molecular formula is C38H62N2O6Si. The predicted octanol–water partition coefficient (Wildman–Crippen LogP) is 6.58. The maximum absolute atomic E-state index is 15.1. The number of morpholine rings is 1. The van der Waals surface area contributed by atoms with Gasteiger partial charge in [-0.2, -0.15) is 0 Å². The molecule has 3 saturated carbocycles. The molecule has 8 atom stereocenters. The SMILES string of the molecule is COC1CCC([Si](C)(C)[C@@H]2[C@@H](CCO)O[C@]3(C(=O)N(CC4CCCC(N5C(=O)COC6CCCCC65)C4)C4=C3CCCC4)[C@H]2C)CC1. The van der Waals surface area contributed by atoms with Crippen LogP contribution in [0.2, 0.25) is 24.2 Å². The largest absolute Gasteiger partial charge is 0.396 e. The molecule has 2 amide bonds. The zero-order valence-electron chi connectivity index (χ0n) is 29.7. The Bertz CT molecular complexity index is 1200. The van der Waals surface area contributed by atoms with Crippen molar-refractivity contribution < 1.29 is 28.9 Å². The molecule has 2 saturated heterocycles. The molecule has 47 heavy (non-hydrogen) atoms. The van der Waals surface area contributed by atoms with Crippen LogP contribution in [0, 0.1) is 11.8 Å². The van der Waals surface area contributed by atoms with Crippen molar-refractivity contribution in [1.82, 2.24) is 9.80 Å². The number of hydrogen-bond acceptors (Lipinski definition) is 6. The Morgan fingerprint density at radius 2 is 1.72 bits per heavy atom. The number of allylic oxidation sites excluding steroid dienone is 1. The van der Waals surface area contributed by atoms with Crippen LogP contribution in [-0.2, 0) is 23.8 Å². The fourth-order valence-electron chi connectivity index (χ4n) is 12.1. The van der Waals surface area contributed by atoms with Crippen LogP contribution in [0.25, 0.3) is 0 Å². The van der Waals surface area contributed by atoms with E-state index in [9.17, 15) is 9.90 Å². The van der Waals surface area contributed by atoms with Gasteiger partial charge in [-0.3, -0.25) is 9.59 Å². The average molecular weight is 671 g/mol. The highest BCUT2D eigenvalue weighted by molar-refractivity contribution is 6.80. The van der Waals surface area contributed by atoms with E-state index in [0.717, 1.165) is 83.6 Å². The van der Waals surface area contributed by atoms with E-state index in [1.54, 1.807) is 0 Å². The van der Waals surface area contributed by atoms with Gasteiger partial charge in [0.25, 0.3) is 5.91 Å². The molecule has 8 nitrogen and oxygen atoms in total. The quantitative estimate of drug-likeness (QED) is 0.294. The van der Waals surface area contributed by atoms with Crippen molar-refractivity contribution in [3.8, 4) is 0 Å². The Labute approximate surface area is 284 Å². The van der Waals surface area contributed by atoms with Gasteiger partial charge in [-0.15, -0.1) is 0 Å². The minimum atomic E-state index is -1.90. The monoisotopic (exact) mass is 670 g/mol. The molecule has 9 heteroatoms. The molecule has 0 aromatic heterocycles. The first-order valence-electron chi connectivity index (χ1n) is 19.5. The molecule has 5 fully saturated rings. The summed E-state index contributed by atoms with van der Waals surface area (Å²) in [5.74, 6) is 0.842. The molecule has 7 aliphatic rings. The summed E-state index contributed by atoms with van der Waals surface area (Å²) < 4.78 is 19.0. The second kappa shape index (κ2) is 13.8. The first-order chi connectivity index (χ1) is 22.7. The molecule has 1 N–H and O–H groups in total. The van der Waals surface area contributed by atoms with Crippen molar-refractivity contribution in [2.45, 2.75) is 176 Å². The van der Waals surface area contributed by atoms with Crippen molar-refractivity contribution in [3.05, 3.63) is 11.3 Å². The Morgan fingerprint density at radius 3 is 2.49 bits per heavy atom. The van der Waals surface area contributed by atoms with Crippen molar-refractivity contribution in [3.63, 3.8) is 0 Å². The second-order valence-corrected chi connectivity index (χ2v) is 22.1. The molecule has 0 aromatic rings. The average Bonchev–Trinajstić information content (AvgIpc) is 3.51. The van der Waals surface area contributed by atoms with Gasteiger partial charge < -0.3 is 29.1 Å². The van der Waals surface area contributed by atoms with Crippen molar-refractivity contribution in [2.75, 3.05) is 26.9 Å². The van der Waals surface area contributed by atoms with Crippen LogP contribution in [0.5, 0.6) is 0 Å². The van der Waals surface area contributed by atoms with Gasteiger partial charge in [0.15, 0.2) is 5.60 Å². The highest BCUT2D eigenvalue weighted by atomic mass is 28.3. The van der Waals surface area contributed by atoms with Gasteiger partial charge >= 0.3 is 0 Å². The minimum Gasteiger partial charge on any atom is -0.396 e. The molecule has 7 rings (SSSR count). The summed E-state index contributed by atoms with van der Waals surface area (Å²) in [5.41, 5.74) is 2.67. The van der Waals surface area contributed by atoms with Crippen LogP contribution in [0.3, 0.4) is 0 Å². The van der Waals surface area contributed by atoms with Crippen molar-refractivity contribution in [2.24, 2.45) is 11.8 Å². The Hall–Kier alpha value is -1.26. The van der Waals surface area contributed by atoms with E-state index in [4.69, 9.17) is 14.2 Å². The lowest BCUT2D eigenvalue weighted by Gasteiger charge is -2.49. The standard InChI is InChI=1S/C38H62N2O6Si/c1-25-36(47(3,4)29-18-16-28(44-2)17-19-29)34(20-21-41)46-38(25)30-12-5-6-13-31(30)39(37(38)43)23-26-10-9-11-27(22-26)40-32-14-7-8-15-33(32)45-24-35(40)42/h25-29,32-34,36,41H,5-24H2,1-4H3/t25-,26?,27?,28?,29?,32?,33?,34+,36-,38+/m0/s1. The third kappa shape index (κ3) is 5.89. The molecule has 4 unspecified atom stereocenters. The number of carbonyl (C=O) groups excluding carboxylic acids is 2. The van der Waals surface area contributed by atoms with Gasteiger partial charge in [0.2, 0.25) is 5.91 Å². The number of ether oxygens (including phenoxy) is 3. The van der Waals surface area contributed by atoms with Crippen LogP contribution in [0.4, 0.5) is 0 Å². The zero-order chi connectivity index (χ0) is 32.9. The smallest absolute Gasteiger partial charge is 0.263 e. The fraction of sp³-hybridized carbons (Fsp3) is 0.895. The highest BCUT2D eigenvalue weighted by Crippen LogP contribution is 2.61. The molecule has 264 valence electrons.